The first-order chi connectivity index (χ1) is 18.5. The second kappa shape index (κ2) is 9.11. The van der Waals surface area contributed by atoms with Crippen molar-refractivity contribution in [2.24, 2.45) is 0 Å². The minimum absolute atomic E-state index is 0.0851. The second-order valence-electron chi connectivity index (χ2n) is 10.7. The van der Waals surface area contributed by atoms with Crippen molar-refractivity contribution >= 4 is 28.7 Å². The number of hydrogen-bond acceptors (Lipinski definition) is 7. The third-order valence-electron chi connectivity index (χ3n) is 8.15. The van der Waals surface area contributed by atoms with Gasteiger partial charge in [-0.25, -0.2) is 9.97 Å². The van der Waals surface area contributed by atoms with Gasteiger partial charge >= 0.3 is 0 Å². The summed E-state index contributed by atoms with van der Waals surface area (Å²) >= 11 is 0. The first-order valence-corrected chi connectivity index (χ1v) is 13.3. The molecule has 3 N–H and O–H groups in total. The van der Waals surface area contributed by atoms with E-state index in [0.29, 0.717) is 23.8 Å². The van der Waals surface area contributed by atoms with Crippen LogP contribution < -0.4 is 15.5 Å². The topological polar surface area (TPSA) is 98.0 Å². The Balaban J connectivity index is 1.17. The van der Waals surface area contributed by atoms with Crippen molar-refractivity contribution in [2.75, 3.05) is 43.4 Å². The van der Waals surface area contributed by atoms with E-state index in [4.69, 9.17) is 4.98 Å². The van der Waals surface area contributed by atoms with E-state index in [2.05, 4.69) is 61.3 Å². The number of aliphatic hydroxyl groups is 1. The number of likely N-dealkylation sites (N-methyl/N-ethyl adjacent to an activating group) is 1. The minimum Gasteiger partial charge on any atom is -0.393 e. The highest BCUT2D eigenvalue weighted by Gasteiger charge is 2.28. The van der Waals surface area contributed by atoms with Gasteiger partial charge in [0, 0.05) is 50.4 Å². The van der Waals surface area contributed by atoms with Gasteiger partial charge in [0.05, 0.1) is 41.1 Å². The maximum absolute atomic E-state index is 12.9. The van der Waals surface area contributed by atoms with Crippen LogP contribution in [0.5, 0.6) is 0 Å². The molecule has 38 heavy (non-hydrogen) atoms. The molecule has 2 saturated heterocycles. The van der Waals surface area contributed by atoms with Crippen molar-refractivity contribution in [3.8, 4) is 11.3 Å². The van der Waals surface area contributed by atoms with Crippen LogP contribution in [0, 0.1) is 0 Å². The van der Waals surface area contributed by atoms with Crippen LogP contribution in [0.15, 0.2) is 55.0 Å². The van der Waals surface area contributed by atoms with E-state index < -0.39 is 0 Å². The number of amides is 1. The van der Waals surface area contributed by atoms with E-state index in [9.17, 15) is 9.90 Å². The zero-order valence-electron chi connectivity index (χ0n) is 21.4. The van der Waals surface area contributed by atoms with Gasteiger partial charge in [0.1, 0.15) is 11.5 Å². The molecule has 3 aromatic heterocycles. The predicted octanol–water partition coefficient (Wildman–Crippen LogP) is 3.37. The van der Waals surface area contributed by atoms with E-state index in [0.717, 1.165) is 72.9 Å². The molecule has 0 radical (unpaired) electrons. The van der Waals surface area contributed by atoms with Crippen molar-refractivity contribution in [2.45, 2.75) is 31.4 Å². The smallest absolute Gasteiger partial charge is 0.254 e. The van der Waals surface area contributed by atoms with Crippen LogP contribution in [0.3, 0.4) is 0 Å². The lowest BCUT2D eigenvalue weighted by molar-refractivity contribution is 0.0966. The number of fused-ring (bicyclic) bond motifs is 2. The lowest BCUT2D eigenvalue weighted by Crippen LogP contribution is -2.41. The number of carbonyl (C=O) groups is 1. The number of aliphatic hydroxyl groups excluding tert-OH is 1. The zero-order chi connectivity index (χ0) is 25.8. The van der Waals surface area contributed by atoms with Gasteiger partial charge in [-0.2, -0.15) is 0 Å². The van der Waals surface area contributed by atoms with Crippen molar-refractivity contribution < 1.29 is 9.90 Å². The van der Waals surface area contributed by atoms with Crippen LogP contribution >= 0.6 is 0 Å². The Kier molecular flexibility index (Phi) is 5.56. The number of imidazole rings is 1. The van der Waals surface area contributed by atoms with E-state index in [-0.39, 0.29) is 12.0 Å². The van der Waals surface area contributed by atoms with Crippen LogP contribution in [-0.2, 0) is 6.54 Å². The van der Waals surface area contributed by atoms with E-state index in [1.165, 1.54) is 5.56 Å². The van der Waals surface area contributed by atoms with Crippen molar-refractivity contribution in [3.63, 3.8) is 0 Å². The molecule has 0 saturated carbocycles. The summed E-state index contributed by atoms with van der Waals surface area (Å²) in [5, 5.41) is 16.1. The summed E-state index contributed by atoms with van der Waals surface area (Å²) in [7, 11) is 2.14. The Morgan fingerprint density at radius 1 is 1.05 bits per heavy atom. The molecule has 194 valence electrons. The van der Waals surface area contributed by atoms with Crippen LogP contribution in [0.4, 0.5) is 17.2 Å². The molecule has 0 bridgehead atoms. The summed E-state index contributed by atoms with van der Waals surface area (Å²) in [5.74, 6) is 1.17. The predicted molar refractivity (Wildman–Crippen MR) is 147 cm³/mol. The summed E-state index contributed by atoms with van der Waals surface area (Å²) in [4.78, 5) is 26.8. The molecule has 9 nitrogen and oxygen atoms in total. The Hall–Kier alpha value is -3.95. The number of nitrogens with one attached hydrogen (secondary N) is 2. The normalized spacial score (nSPS) is 18.5. The standard InChI is InChI=1S/C29H31N7O2/c1-34-16-19(17-34)18-6-11-36-25(15-31-27(36)12-18)22-3-4-24(28-23(22)14-32-29(28)38)33-26-5-2-20(13-30-26)35-9-7-21(37)8-10-35/h2-6,11-13,15,19,21,37H,7-10,14,16-17H2,1H3,(H,30,33)(H,32,38). The number of benzene rings is 1. The van der Waals surface area contributed by atoms with Gasteiger partial charge in [0.15, 0.2) is 0 Å². The number of aromatic nitrogens is 3. The maximum atomic E-state index is 12.9. The lowest BCUT2D eigenvalue weighted by Gasteiger charge is -2.36. The highest BCUT2D eigenvalue weighted by atomic mass is 16.3. The Morgan fingerprint density at radius 3 is 2.66 bits per heavy atom. The van der Waals surface area contributed by atoms with Gasteiger partial charge in [-0.05, 0) is 61.3 Å². The van der Waals surface area contributed by atoms with E-state index in [1.807, 2.05) is 30.6 Å². The first kappa shape index (κ1) is 23.2. The van der Waals surface area contributed by atoms with E-state index >= 15 is 0 Å². The average Bonchev–Trinajstić information content (AvgIpc) is 3.52. The molecule has 0 aliphatic carbocycles. The molecule has 4 aromatic rings. The van der Waals surface area contributed by atoms with Crippen LogP contribution in [0.25, 0.3) is 16.9 Å². The van der Waals surface area contributed by atoms with Crippen LogP contribution in [0.1, 0.15) is 40.2 Å². The average molecular weight is 510 g/mol. The zero-order valence-corrected chi connectivity index (χ0v) is 21.4. The molecule has 3 aliphatic rings. The number of anilines is 3. The van der Waals surface area contributed by atoms with Gasteiger partial charge in [-0.15, -0.1) is 0 Å². The molecular formula is C29H31N7O2. The molecule has 2 fully saturated rings. The second-order valence-corrected chi connectivity index (χ2v) is 10.7. The van der Waals surface area contributed by atoms with Crippen molar-refractivity contribution in [3.05, 3.63) is 71.7 Å². The maximum Gasteiger partial charge on any atom is 0.254 e. The quantitative estimate of drug-likeness (QED) is 0.380. The molecule has 1 aromatic carbocycles. The molecule has 7 rings (SSSR count). The highest BCUT2D eigenvalue weighted by Crippen LogP contribution is 2.36. The molecule has 0 spiro atoms. The van der Waals surface area contributed by atoms with Gasteiger partial charge in [0.25, 0.3) is 5.91 Å². The summed E-state index contributed by atoms with van der Waals surface area (Å²) < 4.78 is 2.11. The Bertz CT molecular complexity index is 1520. The number of nitrogens with zero attached hydrogens (tertiary/aromatic N) is 5. The van der Waals surface area contributed by atoms with Crippen LogP contribution in [0.2, 0.25) is 0 Å². The summed E-state index contributed by atoms with van der Waals surface area (Å²) in [6.07, 6.45) is 7.20. The third-order valence-corrected chi connectivity index (χ3v) is 8.15. The van der Waals surface area contributed by atoms with Crippen molar-refractivity contribution in [1.29, 1.82) is 0 Å². The number of carbonyl (C=O) groups excluding carboxylic acids is 1. The monoisotopic (exact) mass is 509 g/mol. The number of hydrogen-bond donors (Lipinski definition) is 3. The minimum atomic E-state index is -0.205. The van der Waals surface area contributed by atoms with Crippen molar-refractivity contribution in [1.82, 2.24) is 24.6 Å². The fourth-order valence-corrected chi connectivity index (χ4v) is 5.96. The van der Waals surface area contributed by atoms with Gasteiger partial charge in [-0.1, -0.05) is 6.07 Å². The van der Waals surface area contributed by atoms with Gasteiger partial charge in [0.2, 0.25) is 0 Å². The van der Waals surface area contributed by atoms with Gasteiger partial charge < -0.3 is 25.5 Å². The first-order valence-electron chi connectivity index (χ1n) is 13.3. The summed E-state index contributed by atoms with van der Waals surface area (Å²) in [6.45, 7) is 4.30. The Labute approximate surface area is 221 Å². The highest BCUT2D eigenvalue weighted by molar-refractivity contribution is 6.06. The SMILES string of the molecule is CN1CC(c2ccn3c(-c4ccc(Nc5ccc(N6CCC(O)CC6)cn5)c5c4CNC5=O)cnc3c2)C1. The molecule has 6 heterocycles. The largest absolute Gasteiger partial charge is 0.393 e. The molecular weight excluding hydrogens is 478 g/mol. The Morgan fingerprint density at radius 2 is 1.89 bits per heavy atom. The molecule has 9 heteroatoms. The third kappa shape index (κ3) is 3.99. The molecule has 3 aliphatic heterocycles. The van der Waals surface area contributed by atoms with Crippen LogP contribution in [-0.4, -0.2) is 69.6 Å². The number of likely N-dealkylation sites (tertiary alicyclic amines) is 1. The summed E-state index contributed by atoms with van der Waals surface area (Å²) in [6, 6.07) is 12.4. The lowest BCUT2D eigenvalue weighted by atomic mass is 9.93. The number of piperidine rings is 1. The number of rotatable bonds is 5. The van der Waals surface area contributed by atoms with Gasteiger partial charge in [-0.3, -0.25) is 9.20 Å². The summed E-state index contributed by atoms with van der Waals surface area (Å²) in [5.41, 5.74) is 7.64. The molecule has 1 amide bonds. The molecule has 0 atom stereocenters. The fraction of sp³-hybridized carbons (Fsp3) is 0.345. The van der Waals surface area contributed by atoms with E-state index in [1.54, 1.807) is 0 Å². The number of pyridine rings is 2. The molecule has 0 unspecified atom stereocenters. The fourth-order valence-electron chi connectivity index (χ4n) is 5.96.